The molecule has 1 aromatic carbocycles. The van der Waals surface area contributed by atoms with Crippen molar-refractivity contribution < 1.29 is 14.7 Å². The van der Waals surface area contributed by atoms with Gasteiger partial charge in [0.15, 0.2) is 5.69 Å². The summed E-state index contributed by atoms with van der Waals surface area (Å²) in [6.45, 7) is 3.09. The number of amides is 1. The second kappa shape index (κ2) is 9.93. The average Bonchev–Trinajstić information content (AvgIpc) is 3.25. The van der Waals surface area contributed by atoms with Gasteiger partial charge in [-0.15, -0.1) is 0 Å². The minimum atomic E-state index is -1.15. The van der Waals surface area contributed by atoms with Crippen LogP contribution < -0.4 is 5.32 Å². The molecule has 2 aromatic heterocycles. The minimum absolute atomic E-state index is 0.113. The van der Waals surface area contributed by atoms with E-state index in [1.54, 1.807) is 18.3 Å². The zero-order valence-electron chi connectivity index (χ0n) is 19.4. The Balaban J connectivity index is 1.43. The van der Waals surface area contributed by atoms with Gasteiger partial charge < -0.3 is 10.4 Å². The molecule has 0 atom stereocenters. The molecular weight excluding hydrogens is 430 g/mol. The Hall–Kier alpha value is -3.26. The van der Waals surface area contributed by atoms with E-state index in [1.807, 2.05) is 12.3 Å². The van der Waals surface area contributed by atoms with E-state index >= 15 is 0 Å². The van der Waals surface area contributed by atoms with Gasteiger partial charge in [0.25, 0.3) is 0 Å². The second-order valence-electron chi connectivity index (χ2n) is 9.50. The van der Waals surface area contributed by atoms with Crippen molar-refractivity contribution >= 4 is 22.9 Å². The van der Waals surface area contributed by atoms with Gasteiger partial charge in [0.1, 0.15) is 0 Å². The van der Waals surface area contributed by atoms with Gasteiger partial charge in [-0.3, -0.25) is 9.88 Å². The third kappa shape index (κ3) is 4.82. The molecule has 0 spiro atoms. The summed E-state index contributed by atoms with van der Waals surface area (Å²) in [5.41, 5.74) is 3.29. The van der Waals surface area contributed by atoms with Crippen LogP contribution in [0.3, 0.4) is 0 Å². The van der Waals surface area contributed by atoms with Crippen molar-refractivity contribution in [3.05, 3.63) is 47.9 Å². The lowest BCUT2D eigenvalue weighted by Crippen LogP contribution is -2.39. The summed E-state index contributed by atoms with van der Waals surface area (Å²) < 4.78 is 1.20. The highest BCUT2D eigenvalue weighted by atomic mass is 16.4. The van der Waals surface area contributed by atoms with Gasteiger partial charge in [0.2, 0.25) is 0 Å². The maximum absolute atomic E-state index is 12.9. The highest BCUT2D eigenvalue weighted by Crippen LogP contribution is 2.28. The van der Waals surface area contributed by atoms with Crippen LogP contribution >= 0.6 is 0 Å². The molecule has 178 valence electrons. The van der Waals surface area contributed by atoms with Crippen molar-refractivity contribution in [1.29, 1.82) is 0 Å². The van der Waals surface area contributed by atoms with Crippen LogP contribution in [-0.4, -0.2) is 55.9 Å². The normalized spacial score (nSPS) is 17.6. The first-order valence-electron chi connectivity index (χ1n) is 12.3. The van der Waals surface area contributed by atoms with Gasteiger partial charge in [-0.25, -0.2) is 9.59 Å². The number of carboxylic acids is 1. The number of piperidine rings is 1. The molecule has 2 N–H and O–H groups in total. The van der Waals surface area contributed by atoms with Gasteiger partial charge in [-0.2, -0.15) is 9.78 Å². The summed E-state index contributed by atoms with van der Waals surface area (Å²) in [7, 11) is 0. The van der Waals surface area contributed by atoms with Crippen molar-refractivity contribution in [2.75, 3.05) is 13.1 Å². The van der Waals surface area contributed by atoms with E-state index in [4.69, 9.17) is 0 Å². The Labute approximate surface area is 199 Å². The molecule has 2 aliphatic rings. The first-order valence-corrected chi connectivity index (χ1v) is 12.3. The molecule has 3 heterocycles. The summed E-state index contributed by atoms with van der Waals surface area (Å²) in [4.78, 5) is 31.8. The fraction of sp³-hybridized carbons (Fsp3) is 0.462. The van der Waals surface area contributed by atoms with Gasteiger partial charge in [-0.05, 0) is 68.1 Å². The molecule has 8 nitrogen and oxygen atoms in total. The Morgan fingerprint density at radius 1 is 0.971 bits per heavy atom. The van der Waals surface area contributed by atoms with Crippen LogP contribution in [0.1, 0.15) is 67.4 Å². The molecule has 2 fully saturated rings. The summed E-state index contributed by atoms with van der Waals surface area (Å²) in [6, 6.07) is 7.34. The second-order valence-corrected chi connectivity index (χ2v) is 9.50. The lowest BCUT2D eigenvalue weighted by molar-refractivity contribution is 0.0692. The highest BCUT2D eigenvalue weighted by Gasteiger charge is 2.23. The van der Waals surface area contributed by atoms with Crippen molar-refractivity contribution in [3.63, 3.8) is 0 Å². The molecule has 1 amide bonds. The molecule has 1 saturated carbocycles. The van der Waals surface area contributed by atoms with Gasteiger partial charge in [0.05, 0.1) is 5.52 Å². The Kier molecular flexibility index (Phi) is 6.58. The highest BCUT2D eigenvalue weighted by molar-refractivity contribution is 6.05. The number of nitrogens with zero attached hydrogens (tertiary/aromatic N) is 4. The van der Waals surface area contributed by atoms with Crippen LogP contribution in [0.4, 0.5) is 4.79 Å². The van der Waals surface area contributed by atoms with Crippen molar-refractivity contribution in [2.45, 2.75) is 64.0 Å². The van der Waals surface area contributed by atoms with E-state index in [1.165, 1.54) is 30.4 Å². The number of likely N-dealkylation sites (tertiary alicyclic amines) is 1. The number of rotatable bonds is 5. The smallest absolute Gasteiger partial charge is 0.357 e. The van der Waals surface area contributed by atoms with Crippen molar-refractivity contribution in [3.8, 4) is 11.1 Å². The summed E-state index contributed by atoms with van der Waals surface area (Å²) in [5, 5.41) is 17.4. The summed E-state index contributed by atoms with van der Waals surface area (Å²) in [6.07, 6.45) is 12.7. The number of carbonyl (C=O) groups excluding carboxylic acids is 1. The van der Waals surface area contributed by atoms with Crippen molar-refractivity contribution in [2.24, 2.45) is 0 Å². The quantitative estimate of drug-likeness (QED) is 0.573. The molecule has 8 heteroatoms. The van der Waals surface area contributed by atoms with Crippen LogP contribution in [0.5, 0.6) is 0 Å². The third-order valence-corrected chi connectivity index (χ3v) is 6.99. The number of aromatic carboxylic acids is 1. The van der Waals surface area contributed by atoms with Crippen LogP contribution in [0.2, 0.25) is 0 Å². The van der Waals surface area contributed by atoms with E-state index in [9.17, 15) is 14.7 Å². The van der Waals surface area contributed by atoms with Crippen LogP contribution in [-0.2, 0) is 6.54 Å². The maximum Gasteiger partial charge on any atom is 0.357 e. The molecule has 1 aliphatic heterocycles. The fourth-order valence-corrected chi connectivity index (χ4v) is 5.20. The van der Waals surface area contributed by atoms with Crippen LogP contribution in [0.25, 0.3) is 22.0 Å². The number of nitrogens with one attached hydrogen (secondary N) is 1. The predicted molar refractivity (Wildman–Crippen MR) is 130 cm³/mol. The van der Waals surface area contributed by atoms with Crippen LogP contribution in [0, 0.1) is 0 Å². The largest absolute Gasteiger partial charge is 0.476 e. The monoisotopic (exact) mass is 461 g/mol. The summed E-state index contributed by atoms with van der Waals surface area (Å²) >= 11 is 0. The maximum atomic E-state index is 12.9. The number of benzene rings is 1. The number of pyridine rings is 1. The van der Waals surface area contributed by atoms with Gasteiger partial charge in [0, 0.05) is 35.9 Å². The average molecular weight is 462 g/mol. The van der Waals surface area contributed by atoms with Crippen molar-refractivity contribution in [1.82, 2.24) is 25.0 Å². The molecule has 1 aliphatic carbocycles. The summed E-state index contributed by atoms with van der Waals surface area (Å²) in [5.74, 6) is -1.15. The Morgan fingerprint density at radius 3 is 2.50 bits per heavy atom. The molecule has 1 saturated heterocycles. The third-order valence-electron chi connectivity index (χ3n) is 6.99. The number of carbonyl (C=O) groups is 2. The van der Waals surface area contributed by atoms with E-state index < -0.39 is 5.97 Å². The minimum Gasteiger partial charge on any atom is -0.476 e. The zero-order valence-corrected chi connectivity index (χ0v) is 19.4. The van der Waals surface area contributed by atoms with E-state index in [0.717, 1.165) is 62.0 Å². The number of aromatic nitrogens is 3. The lowest BCUT2D eigenvalue weighted by atomic mass is 9.96. The molecule has 3 aromatic rings. The first kappa shape index (κ1) is 22.5. The van der Waals surface area contributed by atoms with Gasteiger partial charge in [-0.1, -0.05) is 31.7 Å². The lowest BCUT2D eigenvalue weighted by Gasteiger charge is -2.26. The number of fused-ring (bicyclic) bond motifs is 1. The molecule has 5 rings (SSSR count). The number of hydrogen-bond donors (Lipinski definition) is 2. The topological polar surface area (TPSA) is 100 Å². The predicted octanol–water partition coefficient (Wildman–Crippen LogP) is 4.67. The SMILES string of the molecule is O=C(O)c1nn(C(=O)NC2CCCCC2)c2ccc(-c3cncc(CN4CCCCC4)c3)cc12. The Morgan fingerprint density at radius 2 is 1.74 bits per heavy atom. The standard InChI is InChI=1S/C26H31N5O3/c32-25(33)24-22-14-19(20-13-18(15-27-16-20)17-30-11-5-2-6-12-30)9-10-23(22)31(29-24)26(34)28-21-7-3-1-4-8-21/h9-10,13-16,21H,1-8,11-12,17H2,(H,28,34)(H,32,33). The van der Waals surface area contributed by atoms with E-state index in [2.05, 4.69) is 26.4 Å². The number of hydrogen-bond acceptors (Lipinski definition) is 5. The molecule has 0 unspecified atom stereocenters. The Bertz CT molecular complexity index is 1190. The van der Waals surface area contributed by atoms with Gasteiger partial charge >= 0.3 is 12.0 Å². The fourth-order valence-electron chi connectivity index (χ4n) is 5.20. The number of carboxylic acid groups (broad SMARTS) is 1. The first-order chi connectivity index (χ1) is 16.6. The van der Waals surface area contributed by atoms with E-state index in [-0.39, 0.29) is 17.8 Å². The van der Waals surface area contributed by atoms with Crippen LogP contribution in [0.15, 0.2) is 36.7 Å². The van der Waals surface area contributed by atoms with E-state index in [0.29, 0.717) is 10.9 Å². The zero-order chi connectivity index (χ0) is 23.5. The molecule has 34 heavy (non-hydrogen) atoms. The molecular formula is C26H31N5O3. The molecule has 0 bridgehead atoms. The molecule has 0 radical (unpaired) electrons.